The zero-order valence-electron chi connectivity index (χ0n) is 14.7. The van der Waals surface area contributed by atoms with Gasteiger partial charge in [-0.25, -0.2) is 4.79 Å². The van der Waals surface area contributed by atoms with Crippen LogP contribution in [-0.2, 0) is 22.4 Å². The Hall–Kier alpha value is -2.69. The van der Waals surface area contributed by atoms with Gasteiger partial charge < -0.3 is 10.4 Å². The van der Waals surface area contributed by atoms with Crippen LogP contribution < -0.4 is 5.32 Å². The number of fused-ring (bicyclic) bond motifs is 1. The Morgan fingerprint density at radius 1 is 1.19 bits per heavy atom. The van der Waals surface area contributed by atoms with Crippen LogP contribution in [0.25, 0.3) is 0 Å². The van der Waals surface area contributed by atoms with Crippen molar-refractivity contribution in [2.24, 2.45) is 0 Å². The number of nitrogens with zero attached hydrogens (tertiary/aromatic N) is 1. The van der Waals surface area contributed by atoms with E-state index in [2.05, 4.69) is 22.4 Å². The average Bonchev–Trinajstić information content (AvgIpc) is 2.67. The number of pyridine rings is 1. The monoisotopic (exact) mass is 352 g/mol. The van der Waals surface area contributed by atoms with Crippen LogP contribution in [0.3, 0.4) is 0 Å². The Morgan fingerprint density at radius 2 is 2.00 bits per heavy atom. The molecule has 0 radical (unpaired) electrons. The first-order valence-corrected chi connectivity index (χ1v) is 9.13. The fourth-order valence-electron chi connectivity index (χ4n) is 3.66. The summed E-state index contributed by atoms with van der Waals surface area (Å²) in [6.07, 6.45) is 5.93. The van der Waals surface area contributed by atoms with Gasteiger partial charge in [0.25, 0.3) is 0 Å². The minimum atomic E-state index is -0.973. The predicted molar refractivity (Wildman–Crippen MR) is 98.9 cm³/mol. The van der Waals surface area contributed by atoms with E-state index in [1.165, 1.54) is 11.1 Å². The molecular weight excluding hydrogens is 328 g/mol. The molecule has 2 unspecified atom stereocenters. The molecule has 5 heteroatoms. The number of hydrogen-bond acceptors (Lipinski definition) is 3. The first kappa shape index (κ1) is 18.1. The van der Waals surface area contributed by atoms with E-state index in [0.29, 0.717) is 12.8 Å². The molecule has 1 aliphatic rings. The summed E-state index contributed by atoms with van der Waals surface area (Å²) in [5.41, 5.74) is 3.36. The zero-order valence-corrected chi connectivity index (χ0v) is 14.7. The van der Waals surface area contributed by atoms with Crippen LogP contribution in [0.5, 0.6) is 0 Å². The molecule has 1 amide bonds. The lowest BCUT2D eigenvalue weighted by Crippen LogP contribution is -2.42. The second-order valence-electron chi connectivity index (χ2n) is 6.80. The number of carbonyl (C=O) groups excluding carboxylic acids is 1. The van der Waals surface area contributed by atoms with Gasteiger partial charge in [0, 0.05) is 18.3 Å². The summed E-state index contributed by atoms with van der Waals surface area (Å²) in [7, 11) is 0. The molecule has 0 bridgehead atoms. The molecule has 2 atom stereocenters. The molecule has 1 aromatic heterocycles. The number of aromatic nitrogens is 1. The normalized spacial score (nSPS) is 17.2. The molecule has 0 spiro atoms. The van der Waals surface area contributed by atoms with E-state index < -0.39 is 12.0 Å². The molecule has 1 aliphatic carbocycles. The zero-order chi connectivity index (χ0) is 18.4. The van der Waals surface area contributed by atoms with Crippen molar-refractivity contribution in [1.29, 1.82) is 0 Å². The highest BCUT2D eigenvalue weighted by Gasteiger charge is 2.28. The van der Waals surface area contributed by atoms with E-state index in [1.807, 2.05) is 30.3 Å². The third-order valence-corrected chi connectivity index (χ3v) is 4.98. The van der Waals surface area contributed by atoms with Crippen molar-refractivity contribution >= 4 is 11.9 Å². The van der Waals surface area contributed by atoms with Crippen LogP contribution >= 0.6 is 0 Å². The van der Waals surface area contributed by atoms with Crippen molar-refractivity contribution in [3.8, 4) is 0 Å². The summed E-state index contributed by atoms with van der Waals surface area (Å²) in [6.45, 7) is 0. The number of aliphatic carboxylic acids is 1. The number of rotatable bonds is 7. The summed E-state index contributed by atoms with van der Waals surface area (Å²) in [5, 5.41) is 12.3. The molecule has 2 N–H and O–H groups in total. The molecule has 3 rings (SSSR count). The van der Waals surface area contributed by atoms with E-state index in [9.17, 15) is 14.7 Å². The molecule has 2 aromatic rings. The third kappa shape index (κ3) is 4.69. The number of carboxylic acids is 1. The molecule has 0 saturated carbocycles. The quantitative estimate of drug-likeness (QED) is 0.802. The van der Waals surface area contributed by atoms with Crippen molar-refractivity contribution in [2.45, 2.75) is 50.5 Å². The Labute approximate surface area is 153 Å². The number of carboxylic acid groups (broad SMARTS) is 1. The van der Waals surface area contributed by atoms with Crippen molar-refractivity contribution in [1.82, 2.24) is 10.3 Å². The summed E-state index contributed by atoms with van der Waals surface area (Å²) in [5.74, 6) is -1.04. The number of hydrogen-bond donors (Lipinski definition) is 2. The minimum absolute atomic E-state index is 0.178. The molecule has 0 saturated heterocycles. The Bertz CT molecular complexity index is 761. The van der Waals surface area contributed by atoms with Gasteiger partial charge in [0.05, 0.1) is 0 Å². The van der Waals surface area contributed by atoms with Crippen LogP contribution in [0, 0.1) is 0 Å². The SMILES string of the molecule is O=C(CCc1ccccn1)NC(CC1CCCc2ccccc21)C(=O)O. The topological polar surface area (TPSA) is 79.3 Å². The second-order valence-corrected chi connectivity index (χ2v) is 6.80. The summed E-state index contributed by atoms with van der Waals surface area (Å²) in [6, 6.07) is 12.9. The molecule has 5 nitrogen and oxygen atoms in total. The van der Waals surface area contributed by atoms with Crippen molar-refractivity contribution in [3.05, 3.63) is 65.5 Å². The number of carbonyl (C=O) groups is 2. The molecule has 136 valence electrons. The Morgan fingerprint density at radius 3 is 2.77 bits per heavy atom. The second kappa shape index (κ2) is 8.61. The first-order chi connectivity index (χ1) is 12.6. The van der Waals surface area contributed by atoms with Crippen LogP contribution in [0.4, 0.5) is 0 Å². The van der Waals surface area contributed by atoms with Gasteiger partial charge in [-0.2, -0.15) is 0 Å². The van der Waals surface area contributed by atoms with Gasteiger partial charge in [0.1, 0.15) is 6.04 Å². The average molecular weight is 352 g/mol. The molecule has 26 heavy (non-hydrogen) atoms. The fraction of sp³-hybridized carbons (Fsp3) is 0.381. The van der Waals surface area contributed by atoms with Gasteiger partial charge in [0.15, 0.2) is 0 Å². The lowest BCUT2D eigenvalue weighted by Gasteiger charge is -2.28. The first-order valence-electron chi connectivity index (χ1n) is 9.13. The van der Waals surface area contributed by atoms with Crippen molar-refractivity contribution in [3.63, 3.8) is 0 Å². The minimum Gasteiger partial charge on any atom is -0.480 e. The van der Waals surface area contributed by atoms with Crippen LogP contribution in [-0.4, -0.2) is 28.0 Å². The third-order valence-electron chi connectivity index (χ3n) is 4.98. The van der Waals surface area contributed by atoms with Crippen LogP contribution in [0.15, 0.2) is 48.7 Å². The van der Waals surface area contributed by atoms with Gasteiger partial charge in [-0.15, -0.1) is 0 Å². The summed E-state index contributed by atoms with van der Waals surface area (Å²) < 4.78 is 0. The van der Waals surface area contributed by atoms with E-state index in [0.717, 1.165) is 25.0 Å². The van der Waals surface area contributed by atoms with Crippen molar-refractivity contribution < 1.29 is 14.7 Å². The fourth-order valence-corrected chi connectivity index (χ4v) is 3.66. The lowest BCUT2D eigenvalue weighted by molar-refractivity contribution is -0.142. The van der Waals surface area contributed by atoms with Gasteiger partial charge in [-0.3, -0.25) is 9.78 Å². The van der Waals surface area contributed by atoms with Gasteiger partial charge in [-0.05, 0) is 61.3 Å². The van der Waals surface area contributed by atoms with Gasteiger partial charge >= 0.3 is 5.97 Å². The molecule has 0 aliphatic heterocycles. The standard InChI is InChI=1S/C21H24N2O3/c24-20(12-11-17-9-3-4-13-22-17)23-19(21(25)26)14-16-8-5-7-15-6-1-2-10-18(15)16/h1-4,6,9-10,13,16,19H,5,7-8,11-12,14H2,(H,23,24)(H,25,26). The van der Waals surface area contributed by atoms with Crippen LogP contribution in [0.1, 0.15) is 48.4 Å². The maximum atomic E-state index is 12.2. The maximum Gasteiger partial charge on any atom is 0.326 e. The van der Waals surface area contributed by atoms with Gasteiger partial charge in [0.2, 0.25) is 5.91 Å². The number of amides is 1. The van der Waals surface area contributed by atoms with Crippen molar-refractivity contribution in [2.75, 3.05) is 0 Å². The smallest absolute Gasteiger partial charge is 0.326 e. The van der Waals surface area contributed by atoms with Gasteiger partial charge in [-0.1, -0.05) is 30.3 Å². The maximum absolute atomic E-state index is 12.2. The Balaban J connectivity index is 1.59. The Kier molecular flexibility index (Phi) is 6.00. The summed E-state index contributed by atoms with van der Waals surface area (Å²) in [4.78, 5) is 28.1. The van der Waals surface area contributed by atoms with E-state index in [4.69, 9.17) is 0 Å². The number of nitrogens with one attached hydrogen (secondary N) is 1. The molecular formula is C21H24N2O3. The predicted octanol–water partition coefficient (Wildman–Crippen LogP) is 3.09. The number of aryl methyl sites for hydroxylation is 2. The van der Waals surface area contributed by atoms with E-state index in [-0.39, 0.29) is 18.2 Å². The van der Waals surface area contributed by atoms with Crippen LogP contribution in [0.2, 0.25) is 0 Å². The highest BCUT2D eigenvalue weighted by molar-refractivity contribution is 5.83. The molecule has 1 aromatic carbocycles. The lowest BCUT2D eigenvalue weighted by atomic mass is 9.79. The molecule has 1 heterocycles. The highest BCUT2D eigenvalue weighted by atomic mass is 16.4. The largest absolute Gasteiger partial charge is 0.480 e. The summed E-state index contributed by atoms with van der Waals surface area (Å²) >= 11 is 0. The highest BCUT2D eigenvalue weighted by Crippen LogP contribution is 2.34. The number of benzene rings is 1. The van der Waals surface area contributed by atoms with E-state index >= 15 is 0 Å². The van der Waals surface area contributed by atoms with E-state index in [1.54, 1.807) is 6.20 Å². The molecule has 0 fully saturated rings.